The molecule has 2 N–H and O–H groups in total. The molecule has 1 saturated heterocycles. The van der Waals surface area contributed by atoms with Crippen molar-refractivity contribution in [1.82, 2.24) is 24.2 Å². The Morgan fingerprint density at radius 1 is 1.31 bits per heavy atom. The first-order valence-electron chi connectivity index (χ1n) is 8.64. The van der Waals surface area contributed by atoms with Crippen molar-refractivity contribution >= 4 is 21.1 Å². The zero-order valence-electron chi connectivity index (χ0n) is 14.9. The highest BCUT2D eigenvalue weighted by molar-refractivity contribution is 7.89. The van der Waals surface area contributed by atoms with Gasteiger partial charge in [-0.25, -0.2) is 18.2 Å². The minimum absolute atomic E-state index is 0.0284. The summed E-state index contributed by atoms with van der Waals surface area (Å²) in [6, 6.07) is 1.29. The molecule has 1 fully saturated rings. The van der Waals surface area contributed by atoms with E-state index >= 15 is 0 Å². The Hall–Kier alpha value is -2.04. The maximum absolute atomic E-state index is 12.9. The largest absolute Gasteiger partial charge is 0.329 e. The van der Waals surface area contributed by atoms with Gasteiger partial charge < -0.3 is 5.32 Å². The summed E-state index contributed by atoms with van der Waals surface area (Å²) in [5.74, 6) is 0.466. The van der Waals surface area contributed by atoms with Crippen molar-refractivity contribution in [3.63, 3.8) is 0 Å². The quantitative estimate of drug-likeness (QED) is 0.730. The average molecular weight is 381 g/mol. The van der Waals surface area contributed by atoms with Gasteiger partial charge >= 0.3 is 5.69 Å². The van der Waals surface area contributed by atoms with Gasteiger partial charge in [0.05, 0.1) is 5.39 Å². The van der Waals surface area contributed by atoms with E-state index in [2.05, 4.69) is 15.3 Å². The van der Waals surface area contributed by atoms with Gasteiger partial charge in [0.1, 0.15) is 10.5 Å². The van der Waals surface area contributed by atoms with Crippen LogP contribution in [-0.2, 0) is 17.1 Å². The molecule has 142 valence electrons. The van der Waals surface area contributed by atoms with Crippen molar-refractivity contribution in [1.29, 1.82) is 0 Å². The number of hydrogen-bond acceptors (Lipinski definition) is 6. The zero-order valence-corrected chi connectivity index (χ0v) is 15.7. The van der Waals surface area contributed by atoms with E-state index in [0.717, 1.165) is 25.9 Å². The molecule has 2 aromatic heterocycles. The van der Waals surface area contributed by atoms with Gasteiger partial charge in [-0.15, -0.1) is 0 Å². The van der Waals surface area contributed by atoms with Gasteiger partial charge in [-0.3, -0.25) is 14.3 Å². The number of pyridine rings is 1. The molecule has 0 aliphatic carbocycles. The first-order chi connectivity index (χ1) is 12.3. The molecular formula is C16H23N5O4S. The number of sulfonamides is 1. The number of nitrogens with zero attached hydrogens (tertiary/aromatic N) is 3. The molecule has 0 amide bonds. The fourth-order valence-electron chi connectivity index (χ4n) is 3.21. The van der Waals surface area contributed by atoms with Gasteiger partial charge in [-0.1, -0.05) is 6.92 Å². The van der Waals surface area contributed by atoms with E-state index in [4.69, 9.17) is 0 Å². The Kier molecular flexibility index (Phi) is 5.26. The first kappa shape index (κ1) is 18.7. The third-order valence-electron chi connectivity index (χ3n) is 4.82. The molecule has 0 aromatic carbocycles. The molecule has 1 aliphatic rings. The molecule has 3 heterocycles. The fraction of sp³-hybridized carbons (Fsp3) is 0.562. The number of aromatic nitrogens is 3. The monoisotopic (exact) mass is 381 g/mol. The summed E-state index contributed by atoms with van der Waals surface area (Å²) in [4.78, 5) is 29.8. The molecule has 0 atom stereocenters. The van der Waals surface area contributed by atoms with Gasteiger partial charge in [0.25, 0.3) is 5.56 Å². The van der Waals surface area contributed by atoms with Gasteiger partial charge in [0.15, 0.2) is 0 Å². The Balaban J connectivity index is 1.89. The van der Waals surface area contributed by atoms with Crippen molar-refractivity contribution in [2.24, 2.45) is 13.0 Å². The SMILES string of the molecule is CCNCC1CCN(S(=O)(=O)c2cnc3c(c2)c(=O)[nH]c(=O)n3C)CC1. The summed E-state index contributed by atoms with van der Waals surface area (Å²) in [7, 11) is -2.26. The van der Waals surface area contributed by atoms with Gasteiger partial charge in [0.2, 0.25) is 10.0 Å². The Morgan fingerprint density at radius 3 is 2.65 bits per heavy atom. The third-order valence-corrected chi connectivity index (χ3v) is 6.69. The van der Waals surface area contributed by atoms with E-state index in [0.29, 0.717) is 19.0 Å². The van der Waals surface area contributed by atoms with Crippen LogP contribution in [0.2, 0.25) is 0 Å². The standard InChI is InChI=1S/C16H23N5O4S/c1-3-17-9-11-4-6-21(7-5-11)26(24,25)12-8-13-14(18-10-12)20(2)16(23)19-15(13)22/h8,10-11,17H,3-7,9H2,1-2H3,(H,19,22,23). The first-order valence-corrected chi connectivity index (χ1v) is 10.1. The lowest BCUT2D eigenvalue weighted by molar-refractivity contribution is 0.268. The molecule has 1 aliphatic heterocycles. The van der Waals surface area contributed by atoms with Crippen LogP contribution in [0.15, 0.2) is 26.7 Å². The van der Waals surface area contributed by atoms with E-state index in [1.165, 1.54) is 28.2 Å². The molecule has 0 unspecified atom stereocenters. The molecule has 0 bridgehead atoms. The molecule has 10 heteroatoms. The van der Waals surface area contributed by atoms with Crippen LogP contribution in [-0.4, -0.2) is 53.4 Å². The molecular weight excluding hydrogens is 358 g/mol. The zero-order chi connectivity index (χ0) is 18.9. The second-order valence-corrected chi connectivity index (χ2v) is 8.45. The third kappa shape index (κ3) is 3.44. The van der Waals surface area contributed by atoms with Gasteiger partial charge in [0, 0.05) is 26.3 Å². The smallest absolute Gasteiger partial charge is 0.317 e. The number of nitrogens with one attached hydrogen (secondary N) is 2. The Bertz CT molecular complexity index is 1020. The van der Waals surface area contributed by atoms with Crippen LogP contribution in [0.5, 0.6) is 0 Å². The Labute approximate surface area is 151 Å². The number of hydrogen-bond donors (Lipinski definition) is 2. The van der Waals surface area contributed by atoms with Crippen LogP contribution in [0, 0.1) is 5.92 Å². The molecule has 3 rings (SSSR count). The molecule has 2 aromatic rings. The lowest BCUT2D eigenvalue weighted by Gasteiger charge is -2.31. The minimum atomic E-state index is -3.73. The van der Waals surface area contributed by atoms with Crippen molar-refractivity contribution in [3.05, 3.63) is 33.1 Å². The second kappa shape index (κ2) is 7.29. The highest BCUT2D eigenvalue weighted by Crippen LogP contribution is 2.24. The number of aryl methyl sites for hydroxylation is 1. The number of piperidine rings is 1. The maximum atomic E-state index is 12.9. The number of aromatic amines is 1. The lowest BCUT2D eigenvalue weighted by atomic mass is 9.98. The van der Waals surface area contributed by atoms with Crippen LogP contribution < -0.4 is 16.6 Å². The van der Waals surface area contributed by atoms with Crippen molar-refractivity contribution < 1.29 is 8.42 Å². The number of fused-ring (bicyclic) bond motifs is 1. The summed E-state index contributed by atoms with van der Waals surface area (Å²) in [5, 5.41) is 3.37. The second-order valence-electron chi connectivity index (χ2n) is 6.52. The highest BCUT2D eigenvalue weighted by atomic mass is 32.2. The Morgan fingerprint density at radius 2 is 2.00 bits per heavy atom. The van der Waals surface area contributed by atoms with E-state index in [9.17, 15) is 18.0 Å². The maximum Gasteiger partial charge on any atom is 0.329 e. The summed E-state index contributed by atoms with van der Waals surface area (Å²) >= 11 is 0. The molecule has 0 spiro atoms. The van der Waals surface area contributed by atoms with Gasteiger partial charge in [-0.05, 0) is 37.9 Å². The lowest BCUT2D eigenvalue weighted by Crippen LogP contribution is -2.40. The van der Waals surface area contributed by atoms with Crippen LogP contribution in [0.25, 0.3) is 11.0 Å². The van der Waals surface area contributed by atoms with E-state index in [-0.39, 0.29) is 15.9 Å². The van der Waals surface area contributed by atoms with Crippen LogP contribution >= 0.6 is 0 Å². The molecule has 0 saturated carbocycles. The highest BCUT2D eigenvalue weighted by Gasteiger charge is 2.30. The topological polar surface area (TPSA) is 117 Å². The number of H-pyrrole nitrogens is 1. The summed E-state index contributed by atoms with van der Waals surface area (Å²) in [6.45, 7) is 4.73. The minimum Gasteiger partial charge on any atom is -0.317 e. The summed E-state index contributed by atoms with van der Waals surface area (Å²) in [5.41, 5.74) is -1.08. The van der Waals surface area contributed by atoms with E-state index in [1.54, 1.807) is 0 Å². The van der Waals surface area contributed by atoms with Crippen molar-refractivity contribution in [2.45, 2.75) is 24.7 Å². The van der Waals surface area contributed by atoms with Gasteiger partial charge in [-0.2, -0.15) is 4.31 Å². The van der Waals surface area contributed by atoms with Crippen molar-refractivity contribution in [3.8, 4) is 0 Å². The van der Waals surface area contributed by atoms with Crippen LogP contribution in [0.3, 0.4) is 0 Å². The predicted octanol–water partition coefficient (Wildman–Crippen LogP) is -0.368. The molecule has 26 heavy (non-hydrogen) atoms. The van der Waals surface area contributed by atoms with Crippen LogP contribution in [0.1, 0.15) is 19.8 Å². The summed E-state index contributed by atoms with van der Waals surface area (Å²) < 4.78 is 28.4. The van der Waals surface area contributed by atoms with Crippen molar-refractivity contribution in [2.75, 3.05) is 26.2 Å². The average Bonchev–Trinajstić information content (AvgIpc) is 2.64. The number of rotatable bonds is 5. The molecule has 9 nitrogen and oxygen atoms in total. The van der Waals surface area contributed by atoms with E-state index in [1.807, 2.05) is 6.92 Å². The summed E-state index contributed by atoms with van der Waals surface area (Å²) in [6.07, 6.45) is 2.80. The molecule has 0 radical (unpaired) electrons. The predicted molar refractivity (Wildman–Crippen MR) is 97.6 cm³/mol. The normalized spacial score (nSPS) is 17.0. The fourth-order valence-corrected chi connectivity index (χ4v) is 4.65. The van der Waals surface area contributed by atoms with Crippen LogP contribution in [0.4, 0.5) is 0 Å². The van der Waals surface area contributed by atoms with E-state index < -0.39 is 21.3 Å².